The van der Waals surface area contributed by atoms with Gasteiger partial charge >= 0.3 is 11.6 Å². The van der Waals surface area contributed by atoms with Crippen molar-refractivity contribution in [1.82, 2.24) is 14.5 Å². The number of carbonyl (C=O) groups is 2. The van der Waals surface area contributed by atoms with Crippen LogP contribution in [0.5, 0.6) is 5.75 Å². The smallest absolute Gasteiger partial charge is 0.406 e. The number of nitrogens with one attached hydrogen (secondary N) is 1. The van der Waals surface area contributed by atoms with Gasteiger partial charge in [0, 0.05) is 43.7 Å². The van der Waals surface area contributed by atoms with E-state index in [4.69, 9.17) is 0 Å². The summed E-state index contributed by atoms with van der Waals surface area (Å²) in [5.74, 6) is -0.939. The highest BCUT2D eigenvalue weighted by Crippen LogP contribution is 2.41. The fourth-order valence-electron chi connectivity index (χ4n) is 5.85. The summed E-state index contributed by atoms with van der Waals surface area (Å²) in [5, 5.41) is 9.17. The molecule has 0 saturated carbocycles. The molecule has 2 fully saturated rings. The molecule has 0 aromatic heterocycles. The predicted octanol–water partition coefficient (Wildman–Crippen LogP) is 4.99. The Labute approximate surface area is 255 Å². The van der Waals surface area contributed by atoms with Crippen LogP contribution in [0, 0.1) is 13.8 Å². The van der Waals surface area contributed by atoms with Gasteiger partial charge in [-0.1, -0.05) is 12.1 Å². The van der Waals surface area contributed by atoms with Crippen LogP contribution in [-0.4, -0.2) is 81.4 Å². The van der Waals surface area contributed by atoms with E-state index in [1.165, 1.54) is 16.4 Å². The van der Waals surface area contributed by atoms with E-state index in [9.17, 15) is 27.9 Å². The number of aryl methyl sites for hydroxylation is 2. The Kier molecular flexibility index (Phi) is 8.98. The molecule has 3 aliphatic rings. The lowest BCUT2D eigenvalue weighted by atomic mass is 9.89. The Morgan fingerprint density at radius 1 is 1.07 bits per heavy atom. The third-order valence-electron chi connectivity index (χ3n) is 8.21. The van der Waals surface area contributed by atoms with Crippen molar-refractivity contribution in [2.45, 2.75) is 69.2 Å². The summed E-state index contributed by atoms with van der Waals surface area (Å²) in [6.45, 7) is 4.62. The van der Waals surface area contributed by atoms with Crippen LogP contribution in [0.4, 0.5) is 22.0 Å². The molecule has 44 heavy (non-hydrogen) atoms. The number of alkyl halides is 5. The van der Waals surface area contributed by atoms with E-state index in [1.54, 1.807) is 30.9 Å². The maximum Gasteiger partial charge on any atom is 0.573 e. The Balaban J connectivity index is 1.20. The van der Waals surface area contributed by atoms with E-state index < -0.39 is 41.3 Å². The number of ether oxygens (including phenoxy) is 1. The first-order valence-corrected chi connectivity index (χ1v) is 15.1. The van der Waals surface area contributed by atoms with E-state index >= 15 is 8.78 Å². The molecule has 2 aromatic rings. The van der Waals surface area contributed by atoms with Crippen molar-refractivity contribution < 1.29 is 41.4 Å². The minimum atomic E-state index is -4.87. The molecule has 1 spiro atoms. The summed E-state index contributed by atoms with van der Waals surface area (Å²) in [6.07, 6.45) is -4.49. The van der Waals surface area contributed by atoms with Crippen LogP contribution in [0.2, 0.25) is 0 Å². The molecule has 0 aliphatic carbocycles. The van der Waals surface area contributed by atoms with Gasteiger partial charge < -0.3 is 20.1 Å². The molecule has 2 amide bonds. The van der Waals surface area contributed by atoms with Crippen LogP contribution >= 0.6 is 11.9 Å². The topological polar surface area (TPSA) is 94.5 Å². The van der Waals surface area contributed by atoms with Gasteiger partial charge in [0.25, 0.3) is 11.8 Å². The predicted molar refractivity (Wildman–Crippen MR) is 155 cm³/mol. The molecule has 2 N–H and O–H groups in total. The Bertz CT molecular complexity index is 1430. The number of carbonyl (C=O) groups excluding carboxylic acids is 2. The number of aliphatic hydroxyl groups is 1. The lowest BCUT2D eigenvalue weighted by Gasteiger charge is -2.36. The van der Waals surface area contributed by atoms with Crippen molar-refractivity contribution in [1.29, 1.82) is 0 Å². The fourth-order valence-corrected chi connectivity index (χ4v) is 6.81. The molecular formula is C30H33F5N4O4S. The zero-order valence-corrected chi connectivity index (χ0v) is 25.0. The number of rotatable bonds is 7. The van der Waals surface area contributed by atoms with Gasteiger partial charge in [-0.2, -0.15) is 8.78 Å². The molecule has 0 bridgehead atoms. The molecule has 2 saturated heterocycles. The van der Waals surface area contributed by atoms with Gasteiger partial charge in [-0.15, -0.1) is 13.2 Å². The van der Waals surface area contributed by atoms with Crippen LogP contribution in [0.1, 0.15) is 58.3 Å². The van der Waals surface area contributed by atoms with Gasteiger partial charge in [0.05, 0.1) is 6.10 Å². The second-order valence-corrected chi connectivity index (χ2v) is 12.8. The summed E-state index contributed by atoms with van der Waals surface area (Å²) in [5.41, 5.74) is 1.14. The number of amides is 2. The highest BCUT2D eigenvalue weighted by molar-refractivity contribution is 7.98. The van der Waals surface area contributed by atoms with Gasteiger partial charge in [0.15, 0.2) is 0 Å². The second kappa shape index (κ2) is 12.3. The van der Waals surface area contributed by atoms with E-state index in [2.05, 4.69) is 15.0 Å². The summed E-state index contributed by atoms with van der Waals surface area (Å²) >= 11 is 0.414. The normalized spacial score (nSPS) is 19.7. The standard InChI is InChI=1S/C30H33F5N4O4S/c1-18-14-21(26(41)38-10-6-22(40)7-11-38)15-19(2)24(18)17-29(31,32)44-39-12-8-28(9-13-39)27(42)36-25(37-28)20-4-3-5-23(16-20)43-30(33,34)35/h3-5,14-16,22,40H,6-13,17H2,1-2H3,(H,36,37,42). The number of benzene rings is 2. The van der Waals surface area contributed by atoms with Crippen molar-refractivity contribution in [3.8, 4) is 5.75 Å². The van der Waals surface area contributed by atoms with Crippen LogP contribution in [-0.2, 0) is 11.2 Å². The van der Waals surface area contributed by atoms with Crippen LogP contribution in [0.25, 0.3) is 0 Å². The number of hydrogen-bond acceptors (Lipinski definition) is 7. The minimum absolute atomic E-state index is 0.111. The van der Waals surface area contributed by atoms with Gasteiger partial charge in [-0.05, 0) is 92.4 Å². The first kappa shape index (κ1) is 32.2. The monoisotopic (exact) mass is 640 g/mol. The van der Waals surface area contributed by atoms with E-state index in [1.807, 2.05) is 0 Å². The van der Waals surface area contributed by atoms with Crippen LogP contribution < -0.4 is 10.1 Å². The molecule has 5 rings (SSSR count). The quantitative estimate of drug-likeness (QED) is 0.327. The maximum absolute atomic E-state index is 15.3. The van der Waals surface area contributed by atoms with Crippen molar-refractivity contribution in [2.75, 3.05) is 26.2 Å². The Hall–Kier alpha value is -3.23. The third kappa shape index (κ3) is 7.35. The van der Waals surface area contributed by atoms with Crippen molar-refractivity contribution in [3.63, 3.8) is 0 Å². The van der Waals surface area contributed by atoms with Crippen molar-refractivity contribution in [3.05, 3.63) is 64.2 Å². The van der Waals surface area contributed by atoms with Gasteiger partial charge in [0.1, 0.15) is 17.1 Å². The first-order valence-electron chi connectivity index (χ1n) is 14.3. The maximum atomic E-state index is 15.3. The zero-order chi connectivity index (χ0) is 31.9. The molecule has 3 heterocycles. The number of aliphatic imine (C=N–C) groups is 1. The number of amidine groups is 1. The SMILES string of the molecule is Cc1cc(C(=O)N2CCC(O)CC2)cc(C)c1CC(F)(F)SN1CCC2(CC1)N=C(c1cccc(OC(F)(F)F)c1)NC2=O. The third-order valence-corrected chi connectivity index (χ3v) is 9.25. The van der Waals surface area contributed by atoms with Crippen molar-refractivity contribution >= 4 is 29.6 Å². The van der Waals surface area contributed by atoms with Gasteiger partial charge in [-0.25, -0.2) is 4.31 Å². The van der Waals surface area contributed by atoms with E-state index in [0.29, 0.717) is 60.1 Å². The molecule has 0 radical (unpaired) electrons. The highest BCUT2D eigenvalue weighted by Gasteiger charge is 2.47. The lowest BCUT2D eigenvalue weighted by molar-refractivity contribution is -0.274. The number of likely N-dealkylation sites (tertiary alicyclic amines) is 1. The average molecular weight is 641 g/mol. The number of piperidine rings is 2. The molecule has 2 aromatic carbocycles. The summed E-state index contributed by atoms with van der Waals surface area (Å²) in [7, 11) is 0. The molecule has 3 aliphatic heterocycles. The van der Waals surface area contributed by atoms with E-state index in [-0.39, 0.29) is 43.2 Å². The summed E-state index contributed by atoms with van der Waals surface area (Å²) in [4.78, 5) is 32.0. The molecule has 8 nitrogen and oxygen atoms in total. The van der Waals surface area contributed by atoms with Gasteiger partial charge in [0.2, 0.25) is 0 Å². The van der Waals surface area contributed by atoms with E-state index in [0.717, 1.165) is 12.1 Å². The number of aliphatic hydroxyl groups excluding tert-OH is 1. The fraction of sp³-hybridized carbons (Fsp3) is 0.500. The largest absolute Gasteiger partial charge is 0.573 e. The number of nitrogens with zero attached hydrogens (tertiary/aromatic N) is 3. The Morgan fingerprint density at radius 3 is 2.32 bits per heavy atom. The first-order chi connectivity index (χ1) is 20.6. The minimum Gasteiger partial charge on any atom is -0.406 e. The highest BCUT2D eigenvalue weighted by atomic mass is 32.2. The van der Waals surface area contributed by atoms with Crippen LogP contribution in [0.3, 0.4) is 0 Å². The average Bonchev–Trinajstić information content (AvgIpc) is 3.26. The van der Waals surface area contributed by atoms with Crippen LogP contribution in [0.15, 0.2) is 41.4 Å². The summed E-state index contributed by atoms with van der Waals surface area (Å²) < 4.78 is 74.1. The van der Waals surface area contributed by atoms with Crippen molar-refractivity contribution in [2.24, 2.45) is 4.99 Å². The number of hydrogen-bond donors (Lipinski definition) is 2. The Morgan fingerprint density at radius 2 is 1.70 bits per heavy atom. The molecule has 14 heteroatoms. The lowest BCUT2D eigenvalue weighted by Crippen LogP contribution is -2.48. The van der Waals surface area contributed by atoms with Gasteiger partial charge in [-0.3, -0.25) is 14.6 Å². The summed E-state index contributed by atoms with van der Waals surface area (Å²) in [6, 6.07) is 8.40. The molecule has 238 valence electrons. The zero-order valence-electron chi connectivity index (χ0n) is 24.2. The molecular weight excluding hydrogens is 607 g/mol. The number of halogens is 5. The molecule has 0 atom stereocenters. The molecule has 0 unspecified atom stereocenters. The second-order valence-electron chi connectivity index (χ2n) is 11.5.